The van der Waals surface area contributed by atoms with E-state index < -0.39 is 11.9 Å². The van der Waals surface area contributed by atoms with Crippen molar-refractivity contribution in [2.24, 2.45) is 0 Å². The number of Topliss-reactive ketones (excluding diaryl/α,β-unsaturated/α-hetero) is 1. The lowest BCUT2D eigenvalue weighted by molar-refractivity contribution is 0.0849. The van der Waals surface area contributed by atoms with Crippen LogP contribution in [-0.4, -0.2) is 5.78 Å². The van der Waals surface area contributed by atoms with Crippen molar-refractivity contribution >= 4 is 17.4 Å². The second kappa shape index (κ2) is 4.91. The Hall–Kier alpha value is -1.87. The number of carbonyl (C=O) groups is 1. The minimum atomic E-state index is -0.505. The van der Waals surface area contributed by atoms with Gasteiger partial charge in [-0.1, -0.05) is 29.3 Å². The summed E-state index contributed by atoms with van der Waals surface area (Å²) in [5, 5.41) is 0.0620. The van der Waals surface area contributed by atoms with Gasteiger partial charge in [-0.05, 0) is 36.8 Å². The second-order valence-corrected chi connectivity index (χ2v) is 5.31. The van der Waals surface area contributed by atoms with Crippen LogP contribution < -0.4 is 4.74 Å². The number of carbonyl (C=O) groups excluding carboxylic acids is 1. The van der Waals surface area contributed by atoms with Gasteiger partial charge < -0.3 is 4.74 Å². The number of hydrogen-bond acceptors (Lipinski definition) is 2. The molecule has 1 aliphatic rings. The Labute approximate surface area is 121 Å². The van der Waals surface area contributed by atoms with Gasteiger partial charge in [-0.3, -0.25) is 4.79 Å². The zero-order valence-electron chi connectivity index (χ0n) is 10.8. The molecule has 0 radical (unpaired) electrons. The van der Waals surface area contributed by atoms with E-state index in [4.69, 9.17) is 16.3 Å². The van der Waals surface area contributed by atoms with Gasteiger partial charge in [0.15, 0.2) is 5.78 Å². The van der Waals surface area contributed by atoms with Gasteiger partial charge in [-0.25, -0.2) is 4.39 Å². The molecule has 1 atom stereocenters. The third kappa shape index (κ3) is 2.29. The Morgan fingerprint density at radius 3 is 2.80 bits per heavy atom. The summed E-state index contributed by atoms with van der Waals surface area (Å²) in [7, 11) is 0. The molecule has 2 aromatic carbocycles. The normalized spacial score (nSPS) is 17.6. The predicted octanol–water partition coefficient (Wildman–Crippen LogP) is 4.49. The van der Waals surface area contributed by atoms with Gasteiger partial charge in [0, 0.05) is 0 Å². The van der Waals surface area contributed by atoms with Crippen LogP contribution in [0.25, 0.3) is 0 Å². The molecule has 1 unspecified atom stereocenters. The molecule has 20 heavy (non-hydrogen) atoms. The molecule has 0 bridgehead atoms. The van der Waals surface area contributed by atoms with Crippen molar-refractivity contribution in [2.75, 3.05) is 0 Å². The van der Waals surface area contributed by atoms with Gasteiger partial charge >= 0.3 is 0 Å². The molecule has 3 rings (SSSR count). The summed E-state index contributed by atoms with van der Waals surface area (Å²) in [5.41, 5.74) is 2.22. The number of benzene rings is 2. The highest BCUT2D eigenvalue weighted by Crippen LogP contribution is 2.35. The van der Waals surface area contributed by atoms with E-state index in [1.807, 2.05) is 19.1 Å². The lowest BCUT2D eigenvalue weighted by Crippen LogP contribution is -2.20. The fourth-order valence-electron chi connectivity index (χ4n) is 2.34. The number of rotatable bonds is 1. The quantitative estimate of drug-likeness (QED) is 0.773. The molecule has 0 fully saturated rings. The fourth-order valence-corrected chi connectivity index (χ4v) is 2.45. The molecule has 4 heteroatoms. The molecule has 0 aliphatic carbocycles. The molecule has 0 amide bonds. The minimum absolute atomic E-state index is 0.00954. The van der Waals surface area contributed by atoms with Gasteiger partial charge in [0.25, 0.3) is 0 Å². The molecular weight excluding hydrogens is 279 g/mol. The number of ketones is 1. The summed E-state index contributed by atoms with van der Waals surface area (Å²) in [6, 6.07) is 9.96. The first-order valence-electron chi connectivity index (χ1n) is 6.30. The summed E-state index contributed by atoms with van der Waals surface area (Å²) >= 11 is 5.66. The van der Waals surface area contributed by atoms with E-state index in [-0.39, 0.29) is 17.2 Å². The van der Waals surface area contributed by atoms with Crippen LogP contribution in [0.2, 0.25) is 5.02 Å². The molecule has 2 aromatic rings. The first-order valence-corrected chi connectivity index (χ1v) is 6.68. The van der Waals surface area contributed by atoms with Crippen molar-refractivity contribution < 1.29 is 13.9 Å². The van der Waals surface area contributed by atoms with Gasteiger partial charge in [-0.15, -0.1) is 0 Å². The Morgan fingerprint density at radius 1 is 1.25 bits per heavy atom. The topological polar surface area (TPSA) is 26.3 Å². The van der Waals surface area contributed by atoms with E-state index in [1.54, 1.807) is 12.1 Å². The van der Waals surface area contributed by atoms with Crippen molar-refractivity contribution in [3.8, 4) is 5.75 Å². The standard InChI is InChI=1S/C16H12ClFO2/c1-9-2-5-15-11(6-9)14(19)8-16(20-15)10-3-4-12(17)13(18)7-10/h2-7,16H,8H2,1H3. The summed E-state index contributed by atoms with van der Waals surface area (Å²) < 4.78 is 19.3. The van der Waals surface area contributed by atoms with Crippen molar-refractivity contribution in [1.82, 2.24) is 0 Å². The lowest BCUT2D eigenvalue weighted by atomic mass is 9.95. The van der Waals surface area contributed by atoms with Gasteiger partial charge in [0.05, 0.1) is 17.0 Å². The minimum Gasteiger partial charge on any atom is -0.484 e. The number of aryl methyl sites for hydroxylation is 1. The molecule has 0 N–H and O–H groups in total. The first-order chi connectivity index (χ1) is 9.54. The van der Waals surface area contributed by atoms with Crippen LogP contribution in [0, 0.1) is 12.7 Å². The van der Waals surface area contributed by atoms with Crippen LogP contribution in [0.3, 0.4) is 0 Å². The van der Waals surface area contributed by atoms with Crippen molar-refractivity contribution in [1.29, 1.82) is 0 Å². The fraction of sp³-hybridized carbons (Fsp3) is 0.188. The van der Waals surface area contributed by atoms with Crippen molar-refractivity contribution in [2.45, 2.75) is 19.4 Å². The number of halogens is 2. The SMILES string of the molecule is Cc1ccc2c(c1)C(=O)CC(c1ccc(Cl)c(F)c1)O2. The van der Waals surface area contributed by atoms with E-state index in [0.717, 1.165) is 5.56 Å². The largest absolute Gasteiger partial charge is 0.484 e. The molecule has 0 saturated heterocycles. The van der Waals surface area contributed by atoms with Gasteiger partial charge in [0.2, 0.25) is 0 Å². The molecule has 102 valence electrons. The highest BCUT2D eigenvalue weighted by atomic mass is 35.5. The van der Waals surface area contributed by atoms with E-state index in [9.17, 15) is 9.18 Å². The smallest absolute Gasteiger partial charge is 0.170 e. The maximum Gasteiger partial charge on any atom is 0.170 e. The van der Waals surface area contributed by atoms with Crippen LogP contribution >= 0.6 is 11.6 Å². The average molecular weight is 291 g/mol. The number of ether oxygens (including phenoxy) is 1. The molecule has 0 saturated carbocycles. The Kier molecular flexibility index (Phi) is 3.22. The third-order valence-corrected chi connectivity index (χ3v) is 3.70. The van der Waals surface area contributed by atoms with E-state index in [0.29, 0.717) is 16.9 Å². The first kappa shape index (κ1) is 13.1. The highest BCUT2D eigenvalue weighted by molar-refractivity contribution is 6.30. The average Bonchev–Trinajstić information content (AvgIpc) is 2.42. The van der Waals surface area contributed by atoms with Crippen molar-refractivity contribution in [3.05, 3.63) is 63.9 Å². The predicted molar refractivity (Wildman–Crippen MR) is 74.9 cm³/mol. The van der Waals surface area contributed by atoms with Crippen molar-refractivity contribution in [3.63, 3.8) is 0 Å². The molecule has 1 aliphatic heterocycles. The highest BCUT2D eigenvalue weighted by Gasteiger charge is 2.28. The van der Waals surface area contributed by atoms with Crippen LogP contribution in [0.15, 0.2) is 36.4 Å². The van der Waals surface area contributed by atoms with E-state index >= 15 is 0 Å². The van der Waals surface area contributed by atoms with Crippen LogP contribution in [0.4, 0.5) is 4.39 Å². The van der Waals surface area contributed by atoms with Crippen LogP contribution in [0.1, 0.15) is 34.0 Å². The zero-order chi connectivity index (χ0) is 14.3. The lowest BCUT2D eigenvalue weighted by Gasteiger charge is -2.25. The Balaban J connectivity index is 1.97. The van der Waals surface area contributed by atoms with Crippen LogP contribution in [-0.2, 0) is 0 Å². The summed E-state index contributed by atoms with van der Waals surface area (Å²) in [6.45, 7) is 1.92. The summed E-state index contributed by atoms with van der Waals surface area (Å²) in [6.07, 6.45) is -0.262. The summed E-state index contributed by atoms with van der Waals surface area (Å²) in [5.74, 6) is 0.0532. The molecule has 0 spiro atoms. The monoisotopic (exact) mass is 290 g/mol. The molecule has 2 nitrogen and oxygen atoms in total. The van der Waals surface area contributed by atoms with E-state index in [1.165, 1.54) is 12.1 Å². The second-order valence-electron chi connectivity index (χ2n) is 4.91. The number of fused-ring (bicyclic) bond motifs is 1. The van der Waals surface area contributed by atoms with Gasteiger partial charge in [-0.2, -0.15) is 0 Å². The van der Waals surface area contributed by atoms with Gasteiger partial charge in [0.1, 0.15) is 17.7 Å². The Bertz CT molecular complexity index is 697. The Morgan fingerprint density at radius 2 is 2.05 bits per heavy atom. The maximum absolute atomic E-state index is 13.5. The zero-order valence-corrected chi connectivity index (χ0v) is 11.6. The number of hydrogen-bond donors (Lipinski definition) is 0. The summed E-state index contributed by atoms with van der Waals surface area (Å²) in [4.78, 5) is 12.2. The molecule has 0 aromatic heterocycles. The maximum atomic E-state index is 13.5. The third-order valence-electron chi connectivity index (χ3n) is 3.39. The molecule has 1 heterocycles. The molecular formula is C16H12ClFO2. The van der Waals surface area contributed by atoms with E-state index in [2.05, 4.69) is 0 Å². The van der Waals surface area contributed by atoms with Crippen LogP contribution in [0.5, 0.6) is 5.75 Å².